The minimum Gasteiger partial charge on any atom is -0.496 e. The third-order valence-electron chi connectivity index (χ3n) is 3.33. The van der Waals surface area contributed by atoms with Crippen molar-refractivity contribution < 1.29 is 18.3 Å². The number of rotatable bonds is 5. The normalized spacial score (nSPS) is 11.2. The highest BCUT2D eigenvalue weighted by Crippen LogP contribution is 2.37. The molecule has 2 rings (SSSR count). The van der Waals surface area contributed by atoms with Crippen LogP contribution in [0.1, 0.15) is 17.5 Å². The van der Waals surface area contributed by atoms with Gasteiger partial charge in [0.25, 0.3) is 5.92 Å². The van der Waals surface area contributed by atoms with Crippen molar-refractivity contribution in [1.29, 1.82) is 0 Å². The monoisotopic (exact) mass is 290 g/mol. The van der Waals surface area contributed by atoms with E-state index in [1.807, 2.05) is 31.2 Å². The van der Waals surface area contributed by atoms with E-state index in [-0.39, 0.29) is 11.8 Å². The fourth-order valence-corrected chi connectivity index (χ4v) is 2.11. The molecule has 0 aromatic heterocycles. The highest BCUT2D eigenvalue weighted by molar-refractivity contribution is 5.71. The van der Waals surface area contributed by atoms with Gasteiger partial charge < -0.3 is 9.53 Å². The van der Waals surface area contributed by atoms with Gasteiger partial charge in [0.2, 0.25) is 0 Å². The van der Waals surface area contributed by atoms with Crippen LogP contribution < -0.4 is 4.74 Å². The number of aryl methyl sites for hydroxylation is 1. The number of ether oxygens (including phenoxy) is 1. The molecule has 0 bridgehead atoms. The molecule has 0 fully saturated rings. The standard InChI is InChI=1S/C17H16F2O2/c1-12-3-5-13(6-4-12)15-8-7-14(11-16(15)21-2)17(18,19)9-10-20/h3-8,10-11H,9H2,1-2H3. The van der Waals surface area contributed by atoms with Gasteiger partial charge in [0.05, 0.1) is 13.5 Å². The Bertz CT molecular complexity index is 634. The van der Waals surface area contributed by atoms with E-state index in [1.54, 1.807) is 6.07 Å². The third kappa shape index (κ3) is 3.27. The predicted octanol–water partition coefficient (Wildman–Crippen LogP) is 4.35. The predicted molar refractivity (Wildman–Crippen MR) is 77.7 cm³/mol. The molecule has 0 heterocycles. The van der Waals surface area contributed by atoms with E-state index < -0.39 is 12.3 Å². The van der Waals surface area contributed by atoms with Gasteiger partial charge in [-0.1, -0.05) is 42.0 Å². The van der Waals surface area contributed by atoms with E-state index in [0.29, 0.717) is 5.75 Å². The van der Waals surface area contributed by atoms with Crippen LogP contribution in [0.4, 0.5) is 8.78 Å². The van der Waals surface area contributed by atoms with E-state index in [2.05, 4.69) is 0 Å². The topological polar surface area (TPSA) is 26.3 Å². The van der Waals surface area contributed by atoms with Crippen LogP contribution in [0.25, 0.3) is 11.1 Å². The Kier molecular flexibility index (Phi) is 4.36. The third-order valence-corrected chi connectivity index (χ3v) is 3.33. The fraction of sp³-hybridized carbons (Fsp3) is 0.235. The minimum atomic E-state index is -3.18. The summed E-state index contributed by atoms with van der Waals surface area (Å²) in [5.74, 6) is -2.82. The Morgan fingerprint density at radius 2 is 1.81 bits per heavy atom. The van der Waals surface area contributed by atoms with Gasteiger partial charge in [0.15, 0.2) is 0 Å². The van der Waals surface area contributed by atoms with Crippen molar-refractivity contribution in [3.8, 4) is 16.9 Å². The summed E-state index contributed by atoms with van der Waals surface area (Å²) < 4.78 is 32.8. The summed E-state index contributed by atoms with van der Waals surface area (Å²) >= 11 is 0. The largest absolute Gasteiger partial charge is 0.496 e. The maximum atomic E-state index is 13.8. The maximum Gasteiger partial charge on any atom is 0.279 e. The lowest BCUT2D eigenvalue weighted by atomic mass is 9.98. The van der Waals surface area contributed by atoms with E-state index in [0.717, 1.165) is 16.7 Å². The summed E-state index contributed by atoms with van der Waals surface area (Å²) in [4.78, 5) is 10.4. The number of alkyl halides is 2. The Labute approximate surface area is 122 Å². The molecular weight excluding hydrogens is 274 g/mol. The summed E-state index contributed by atoms with van der Waals surface area (Å²) in [6, 6.07) is 11.9. The molecule has 2 nitrogen and oxygen atoms in total. The summed E-state index contributed by atoms with van der Waals surface area (Å²) in [5.41, 5.74) is 2.53. The van der Waals surface area contributed by atoms with Crippen molar-refractivity contribution in [2.45, 2.75) is 19.3 Å². The molecule has 4 heteroatoms. The number of methoxy groups -OCH3 is 1. The van der Waals surface area contributed by atoms with Crippen LogP contribution in [-0.2, 0) is 10.7 Å². The second-order valence-corrected chi connectivity index (χ2v) is 4.86. The van der Waals surface area contributed by atoms with E-state index in [4.69, 9.17) is 4.74 Å². The molecular formula is C17H16F2O2. The first-order valence-corrected chi connectivity index (χ1v) is 6.55. The molecule has 2 aromatic rings. The van der Waals surface area contributed by atoms with Gasteiger partial charge in [-0.15, -0.1) is 0 Å². The first-order valence-electron chi connectivity index (χ1n) is 6.55. The number of hydrogen-bond donors (Lipinski definition) is 0. The van der Waals surface area contributed by atoms with Crippen molar-refractivity contribution in [3.05, 3.63) is 53.6 Å². The summed E-state index contributed by atoms with van der Waals surface area (Å²) in [6.07, 6.45) is -0.611. The molecule has 0 unspecified atom stereocenters. The van der Waals surface area contributed by atoms with Gasteiger partial charge >= 0.3 is 0 Å². The van der Waals surface area contributed by atoms with E-state index in [9.17, 15) is 13.6 Å². The molecule has 0 atom stereocenters. The van der Waals surface area contributed by atoms with Gasteiger partial charge in [-0.25, -0.2) is 8.78 Å². The second-order valence-electron chi connectivity index (χ2n) is 4.86. The molecule has 0 aliphatic carbocycles. The van der Waals surface area contributed by atoms with Gasteiger partial charge in [-0.3, -0.25) is 0 Å². The lowest BCUT2D eigenvalue weighted by molar-refractivity contribution is -0.115. The number of benzene rings is 2. The zero-order chi connectivity index (χ0) is 15.5. The Morgan fingerprint density at radius 1 is 1.14 bits per heavy atom. The molecule has 0 saturated heterocycles. The maximum absolute atomic E-state index is 13.8. The Balaban J connectivity index is 2.46. The van der Waals surface area contributed by atoms with Crippen LogP contribution in [0.5, 0.6) is 5.75 Å². The zero-order valence-electron chi connectivity index (χ0n) is 11.9. The average Bonchev–Trinajstić information content (AvgIpc) is 2.47. The molecule has 21 heavy (non-hydrogen) atoms. The lowest BCUT2D eigenvalue weighted by Gasteiger charge is -2.17. The Hall–Kier alpha value is -2.23. The molecule has 0 saturated carbocycles. The SMILES string of the molecule is COc1cc(C(F)(F)CC=O)ccc1-c1ccc(C)cc1. The van der Waals surface area contributed by atoms with Gasteiger partial charge in [0, 0.05) is 11.1 Å². The molecule has 0 N–H and O–H groups in total. The smallest absolute Gasteiger partial charge is 0.279 e. The average molecular weight is 290 g/mol. The molecule has 2 aromatic carbocycles. The summed E-state index contributed by atoms with van der Waals surface area (Å²) in [5, 5.41) is 0. The summed E-state index contributed by atoms with van der Waals surface area (Å²) in [7, 11) is 1.44. The first kappa shape index (κ1) is 15.2. The van der Waals surface area contributed by atoms with Crippen molar-refractivity contribution >= 4 is 6.29 Å². The number of halogens is 2. The van der Waals surface area contributed by atoms with Crippen molar-refractivity contribution in [2.24, 2.45) is 0 Å². The van der Waals surface area contributed by atoms with Crippen molar-refractivity contribution in [3.63, 3.8) is 0 Å². The fourth-order valence-electron chi connectivity index (χ4n) is 2.11. The first-order chi connectivity index (χ1) is 9.97. The minimum absolute atomic E-state index is 0.220. The second kappa shape index (κ2) is 6.04. The lowest BCUT2D eigenvalue weighted by Crippen LogP contribution is -2.14. The highest BCUT2D eigenvalue weighted by atomic mass is 19.3. The molecule has 110 valence electrons. The van der Waals surface area contributed by atoms with Crippen LogP contribution in [0.2, 0.25) is 0 Å². The number of hydrogen-bond acceptors (Lipinski definition) is 2. The zero-order valence-corrected chi connectivity index (χ0v) is 11.9. The summed E-state index contributed by atoms with van der Waals surface area (Å²) in [6.45, 7) is 1.98. The number of aldehydes is 1. The van der Waals surface area contributed by atoms with Crippen LogP contribution in [-0.4, -0.2) is 13.4 Å². The molecule has 0 aliphatic rings. The molecule has 0 radical (unpaired) electrons. The van der Waals surface area contributed by atoms with Gasteiger partial charge in [0.1, 0.15) is 12.0 Å². The quantitative estimate of drug-likeness (QED) is 0.765. The van der Waals surface area contributed by atoms with Crippen LogP contribution in [0, 0.1) is 6.92 Å². The molecule has 0 aliphatic heterocycles. The van der Waals surface area contributed by atoms with Crippen LogP contribution in [0.3, 0.4) is 0 Å². The van der Waals surface area contributed by atoms with Crippen molar-refractivity contribution in [1.82, 2.24) is 0 Å². The van der Waals surface area contributed by atoms with Gasteiger partial charge in [-0.2, -0.15) is 0 Å². The van der Waals surface area contributed by atoms with Gasteiger partial charge in [-0.05, 0) is 18.6 Å². The molecule has 0 spiro atoms. The molecule has 0 amide bonds. The van der Waals surface area contributed by atoms with Crippen LogP contribution >= 0.6 is 0 Å². The van der Waals surface area contributed by atoms with E-state index >= 15 is 0 Å². The number of carbonyl (C=O) groups is 1. The number of carbonyl (C=O) groups excluding carboxylic acids is 1. The van der Waals surface area contributed by atoms with Crippen molar-refractivity contribution in [2.75, 3.05) is 7.11 Å². The van der Waals surface area contributed by atoms with E-state index in [1.165, 1.54) is 19.2 Å². The Morgan fingerprint density at radius 3 is 2.38 bits per heavy atom. The van der Waals surface area contributed by atoms with Crippen LogP contribution in [0.15, 0.2) is 42.5 Å². The highest BCUT2D eigenvalue weighted by Gasteiger charge is 2.31.